The van der Waals surface area contributed by atoms with E-state index in [0.717, 1.165) is 5.69 Å². The molecule has 0 atom stereocenters. The zero-order valence-electron chi connectivity index (χ0n) is 9.05. The average Bonchev–Trinajstić information content (AvgIpc) is 2.33. The number of hydrogen-bond acceptors (Lipinski definition) is 4. The summed E-state index contributed by atoms with van der Waals surface area (Å²) >= 11 is 0. The molecule has 0 saturated carbocycles. The van der Waals surface area contributed by atoms with E-state index < -0.39 is 5.91 Å². The number of pyridine rings is 1. The predicted octanol–water partition coefficient (Wildman–Crippen LogP) is 1.51. The first kappa shape index (κ1) is 10.9. The maximum Gasteiger partial charge on any atom is 0.252 e. The van der Waals surface area contributed by atoms with Crippen molar-refractivity contribution in [2.24, 2.45) is 5.73 Å². The molecule has 86 valence electrons. The molecule has 17 heavy (non-hydrogen) atoms. The molecule has 5 N–H and O–H groups in total. The normalized spacial score (nSPS) is 9.88. The number of nitrogens with two attached hydrogens (primary N) is 2. The lowest BCUT2D eigenvalue weighted by atomic mass is 10.2. The van der Waals surface area contributed by atoms with E-state index in [2.05, 4.69) is 10.3 Å². The van der Waals surface area contributed by atoms with E-state index in [9.17, 15) is 4.79 Å². The number of nitrogens with one attached hydrogen (secondary N) is 1. The summed E-state index contributed by atoms with van der Waals surface area (Å²) in [6, 6.07) is 9.39. The van der Waals surface area contributed by atoms with Crippen molar-refractivity contribution in [3.8, 4) is 0 Å². The minimum absolute atomic E-state index is 0.272. The molecule has 0 fully saturated rings. The van der Waals surface area contributed by atoms with E-state index in [1.54, 1.807) is 0 Å². The first-order valence-electron chi connectivity index (χ1n) is 5.04. The van der Waals surface area contributed by atoms with Crippen LogP contribution in [-0.4, -0.2) is 10.9 Å². The van der Waals surface area contributed by atoms with Crippen molar-refractivity contribution in [3.63, 3.8) is 0 Å². The van der Waals surface area contributed by atoms with Crippen molar-refractivity contribution in [2.75, 3.05) is 11.1 Å². The van der Waals surface area contributed by atoms with Gasteiger partial charge in [-0.25, -0.2) is 0 Å². The molecule has 1 amide bonds. The number of benzene rings is 1. The van der Waals surface area contributed by atoms with Crippen LogP contribution in [0.3, 0.4) is 0 Å². The summed E-state index contributed by atoms with van der Waals surface area (Å²) in [5.41, 5.74) is 13.0. The molecular weight excluding hydrogens is 216 g/mol. The van der Waals surface area contributed by atoms with Crippen LogP contribution in [0.25, 0.3) is 0 Å². The summed E-state index contributed by atoms with van der Waals surface area (Å²) < 4.78 is 0. The molecule has 0 spiro atoms. The van der Waals surface area contributed by atoms with Crippen molar-refractivity contribution in [1.29, 1.82) is 0 Å². The first-order valence-corrected chi connectivity index (χ1v) is 5.04. The number of nitrogen functional groups attached to an aromatic ring is 1. The standard InChI is InChI=1S/C12H12N4O/c13-10-7-15-6-9(12(14)17)11(10)16-8-4-2-1-3-5-8/h1-7H,13H2,(H2,14,17)(H,15,16). The van der Waals surface area contributed by atoms with Gasteiger partial charge in [0.05, 0.1) is 23.1 Å². The Balaban J connectivity index is 2.41. The number of aromatic nitrogens is 1. The molecule has 2 aromatic rings. The minimum Gasteiger partial charge on any atom is -0.396 e. The molecule has 0 radical (unpaired) electrons. The predicted molar refractivity (Wildman–Crippen MR) is 66.9 cm³/mol. The Hall–Kier alpha value is -2.56. The maximum absolute atomic E-state index is 11.3. The molecule has 1 aromatic heterocycles. The van der Waals surface area contributed by atoms with E-state index in [-0.39, 0.29) is 5.56 Å². The molecule has 1 aromatic carbocycles. The summed E-state index contributed by atoms with van der Waals surface area (Å²) in [4.78, 5) is 15.1. The zero-order valence-corrected chi connectivity index (χ0v) is 9.05. The highest BCUT2D eigenvalue weighted by Gasteiger charge is 2.11. The fraction of sp³-hybridized carbons (Fsp3) is 0. The zero-order chi connectivity index (χ0) is 12.3. The van der Waals surface area contributed by atoms with Gasteiger partial charge in [-0.2, -0.15) is 0 Å². The van der Waals surface area contributed by atoms with Gasteiger partial charge in [0.1, 0.15) is 0 Å². The third kappa shape index (κ3) is 2.34. The smallest absolute Gasteiger partial charge is 0.252 e. The van der Waals surface area contributed by atoms with Crippen LogP contribution >= 0.6 is 0 Å². The van der Waals surface area contributed by atoms with Crippen molar-refractivity contribution < 1.29 is 4.79 Å². The highest BCUT2D eigenvalue weighted by Crippen LogP contribution is 2.25. The lowest BCUT2D eigenvalue weighted by Gasteiger charge is -2.11. The summed E-state index contributed by atoms with van der Waals surface area (Å²) in [6.45, 7) is 0. The van der Waals surface area contributed by atoms with E-state index >= 15 is 0 Å². The van der Waals surface area contributed by atoms with Crippen LogP contribution in [0.4, 0.5) is 17.1 Å². The third-order valence-electron chi connectivity index (χ3n) is 2.28. The fourth-order valence-corrected chi connectivity index (χ4v) is 1.47. The summed E-state index contributed by atoms with van der Waals surface area (Å²) in [5.74, 6) is -0.566. The Morgan fingerprint density at radius 1 is 1.18 bits per heavy atom. The second-order valence-electron chi connectivity index (χ2n) is 3.51. The molecule has 2 rings (SSSR count). The quantitative estimate of drug-likeness (QED) is 0.742. The molecule has 5 nitrogen and oxygen atoms in total. The van der Waals surface area contributed by atoms with Crippen molar-refractivity contribution in [2.45, 2.75) is 0 Å². The minimum atomic E-state index is -0.566. The van der Waals surface area contributed by atoms with Crippen molar-refractivity contribution >= 4 is 23.0 Å². The molecule has 0 bridgehead atoms. The van der Waals surface area contributed by atoms with Crippen LogP contribution in [0, 0.1) is 0 Å². The molecule has 1 heterocycles. The molecule has 0 aliphatic rings. The lowest BCUT2D eigenvalue weighted by molar-refractivity contribution is 0.100. The Bertz CT molecular complexity index is 539. The van der Waals surface area contributed by atoms with Crippen LogP contribution in [0.15, 0.2) is 42.7 Å². The van der Waals surface area contributed by atoms with Gasteiger partial charge in [-0.1, -0.05) is 18.2 Å². The Labute approximate surface area is 98.5 Å². The Morgan fingerprint density at radius 3 is 2.53 bits per heavy atom. The summed E-state index contributed by atoms with van der Waals surface area (Å²) in [7, 11) is 0. The number of para-hydroxylation sites is 1. The number of primary amides is 1. The van der Waals surface area contributed by atoms with Gasteiger partial charge in [0.2, 0.25) is 0 Å². The lowest BCUT2D eigenvalue weighted by Crippen LogP contribution is -2.15. The number of carbonyl (C=O) groups excluding carboxylic acids is 1. The SMILES string of the molecule is NC(=O)c1cncc(N)c1Nc1ccccc1. The number of anilines is 3. The van der Waals surface area contributed by atoms with Crippen LogP contribution in [-0.2, 0) is 0 Å². The molecule has 0 aliphatic carbocycles. The number of amides is 1. The van der Waals surface area contributed by atoms with Gasteiger partial charge in [0.25, 0.3) is 5.91 Å². The number of hydrogen-bond donors (Lipinski definition) is 3. The van der Waals surface area contributed by atoms with E-state index in [1.807, 2.05) is 30.3 Å². The Kier molecular flexibility index (Phi) is 2.91. The monoisotopic (exact) mass is 228 g/mol. The largest absolute Gasteiger partial charge is 0.396 e. The third-order valence-corrected chi connectivity index (χ3v) is 2.28. The molecule has 0 unspecified atom stereocenters. The molecule has 0 aliphatic heterocycles. The fourth-order valence-electron chi connectivity index (χ4n) is 1.47. The highest BCUT2D eigenvalue weighted by molar-refractivity contribution is 6.01. The van der Waals surface area contributed by atoms with Gasteiger partial charge < -0.3 is 16.8 Å². The average molecular weight is 228 g/mol. The molecule has 0 saturated heterocycles. The van der Waals surface area contributed by atoms with Crippen molar-refractivity contribution in [1.82, 2.24) is 4.98 Å². The number of nitrogens with zero attached hydrogens (tertiary/aromatic N) is 1. The summed E-state index contributed by atoms with van der Waals surface area (Å²) in [6.07, 6.45) is 2.86. The number of carbonyl (C=O) groups is 1. The van der Waals surface area contributed by atoms with E-state index in [0.29, 0.717) is 11.4 Å². The second-order valence-corrected chi connectivity index (χ2v) is 3.51. The number of rotatable bonds is 3. The van der Waals surface area contributed by atoms with Gasteiger partial charge >= 0.3 is 0 Å². The van der Waals surface area contributed by atoms with Gasteiger partial charge in [0.15, 0.2) is 0 Å². The van der Waals surface area contributed by atoms with Gasteiger partial charge in [-0.15, -0.1) is 0 Å². The van der Waals surface area contributed by atoms with Gasteiger partial charge in [-0.3, -0.25) is 9.78 Å². The molecular formula is C12H12N4O. The second kappa shape index (κ2) is 4.52. The van der Waals surface area contributed by atoms with E-state index in [4.69, 9.17) is 11.5 Å². The van der Waals surface area contributed by atoms with Crippen LogP contribution < -0.4 is 16.8 Å². The van der Waals surface area contributed by atoms with E-state index in [1.165, 1.54) is 12.4 Å². The van der Waals surface area contributed by atoms with Crippen LogP contribution in [0.5, 0.6) is 0 Å². The van der Waals surface area contributed by atoms with Crippen LogP contribution in [0.1, 0.15) is 10.4 Å². The van der Waals surface area contributed by atoms with Gasteiger partial charge in [0, 0.05) is 11.9 Å². The first-order chi connectivity index (χ1) is 8.18. The topological polar surface area (TPSA) is 94.0 Å². The Morgan fingerprint density at radius 2 is 1.88 bits per heavy atom. The molecule has 5 heteroatoms. The maximum atomic E-state index is 11.3. The highest BCUT2D eigenvalue weighted by atomic mass is 16.1. The van der Waals surface area contributed by atoms with Crippen molar-refractivity contribution in [3.05, 3.63) is 48.3 Å². The summed E-state index contributed by atoms with van der Waals surface area (Å²) in [5, 5.41) is 3.06. The van der Waals surface area contributed by atoms with Gasteiger partial charge in [-0.05, 0) is 12.1 Å². The van der Waals surface area contributed by atoms with Crippen LogP contribution in [0.2, 0.25) is 0 Å².